The Morgan fingerprint density at radius 3 is 2.51 bits per heavy atom. The normalized spacial score (nSPS) is 16.2. The molecule has 0 radical (unpaired) electrons. The van der Waals surface area contributed by atoms with Crippen molar-refractivity contribution >= 4 is 0 Å². The number of benzene rings is 2. The molecule has 0 spiro atoms. The van der Waals surface area contributed by atoms with Crippen LogP contribution in [0.25, 0.3) is 0 Å². The minimum Gasteiger partial charge on any atom is -0.486 e. The van der Waals surface area contributed by atoms with Gasteiger partial charge < -0.3 is 10.1 Å². The number of nitriles is 1. The van der Waals surface area contributed by atoms with E-state index in [2.05, 4.69) is 90.2 Å². The lowest BCUT2D eigenvalue weighted by atomic mass is 9.97. The van der Waals surface area contributed by atoms with Crippen molar-refractivity contribution in [3.8, 4) is 6.07 Å². The maximum Gasteiger partial charge on any atom is 0.124 e. The zero-order valence-electron chi connectivity index (χ0n) is 23.2. The fraction of sp³-hybridized carbons (Fsp3) is 0.353. The van der Waals surface area contributed by atoms with Gasteiger partial charge in [-0.2, -0.15) is 10.4 Å². The van der Waals surface area contributed by atoms with Gasteiger partial charge in [-0.25, -0.2) is 0 Å². The van der Waals surface area contributed by atoms with Gasteiger partial charge in [0, 0.05) is 24.8 Å². The third kappa shape index (κ3) is 9.12. The Balaban J connectivity index is 1.25. The van der Waals surface area contributed by atoms with Gasteiger partial charge in [-0.3, -0.25) is 4.68 Å². The molecule has 5 nitrogen and oxygen atoms in total. The lowest BCUT2D eigenvalue weighted by Crippen LogP contribution is -2.23. The van der Waals surface area contributed by atoms with Crippen LogP contribution in [0.5, 0.6) is 0 Å². The average Bonchev–Trinajstić information content (AvgIpc) is 3.40. The van der Waals surface area contributed by atoms with Gasteiger partial charge in [-0.15, -0.1) is 0 Å². The molecule has 1 aliphatic carbocycles. The molecule has 0 saturated heterocycles. The first-order valence-electron chi connectivity index (χ1n) is 14.1. The Morgan fingerprint density at radius 2 is 1.77 bits per heavy atom. The third-order valence-corrected chi connectivity index (χ3v) is 7.19. The number of unbranched alkanes of at least 4 members (excludes halogenated alkanes) is 1. The van der Waals surface area contributed by atoms with E-state index in [1.54, 1.807) is 0 Å². The van der Waals surface area contributed by atoms with Gasteiger partial charge in [0.25, 0.3) is 0 Å². The SMILES string of the molecule is C[C@@H](OC1=CCC/C=C(\CCCCC(NCCc2ccc(C#N)cc2)c2ccccc2)C=C1)c1cnn(C)c1. The summed E-state index contributed by atoms with van der Waals surface area (Å²) in [7, 11) is 1.93. The Hall–Kier alpha value is -3.88. The Labute approximate surface area is 233 Å². The monoisotopic (exact) mass is 520 g/mol. The van der Waals surface area contributed by atoms with Crippen LogP contribution in [0.3, 0.4) is 0 Å². The molecule has 1 aliphatic rings. The van der Waals surface area contributed by atoms with Crippen LogP contribution < -0.4 is 5.32 Å². The van der Waals surface area contributed by atoms with Gasteiger partial charge in [0.05, 0.1) is 17.8 Å². The van der Waals surface area contributed by atoms with Crippen molar-refractivity contribution in [2.24, 2.45) is 7.05 Å². The van der Waals surface area contributed by atoms with E-state index in [1.165, 1.54) is 16.7 Å². The second-order valence-corrected chi connectivity index (χ2v) is 10.2. The largest absolute Gasteiger partial charge is 0.486 e. The van der Waals surface area contributed by atoms with E-state index in [1.807, 2.05) is 36.3 Å². The first kappa shape index (κ1) is 28.1. The zero-order chi connectivity index (χ0) is 27.3. The summed E-state index contributed by atoms with van der Waals surface area (Å²) in [5.74, 6) is 0.938. The van der Waals surface area contributed by atoms with Crippen molar-refractivity contribution < 1.29 is 4.74 Å². The van der Waals surface area contributed by atoms with Crippen LogP contribution in [0.4, 0.5) is 0 Å². The molecule has 1 aromatic heterocycles. The minimum atomic E-state index is -0.0270. The van der Waals surface area contributed by atoms with Crippen LogP contribution in [0.15, 0.2) is 103 Å². The summed E-state index contributed by atoms with van der Waals surface area (Å²) in [4.78, 5) is 0. The number of ether oxygens (including phenoxy) is 1. The molecule has 0 fully saturated rings. The minimum absolute atomic E-state index is 0.0270. The van der Waals surface area contributed by atoms with Gasteiger partial charge in [-0.1, -0.05) is 66.6 Å². The van der Waals surface area contributed by atoms with E-state index in [9.17, 15) is 0 Å². The number of nitrogens with one attached hydrogen (secondary N) is 1. The van der Waals surface area contributed by atoms with Crippen LogP contribution >= 0.6 is 0 Å². The quantitative estimate of drug-likeness (QED) is 0.235. The predicted octanol–water partition coefficient (Wildman–Crippen LogP) is 7.66. The highest BCUT2D eigenvalue weighted by Crippen LogP contribution is 2.25. The van der Waals surface area contributed by atoms with E-state index in [4.69, 9.17) is 10.00 Å². The van der Waals surface area contributed by atoms with Crippen molar-refractivity contribution in [2.45, 2.75) is 64.0 Å². The molecule has 0 saturated carbocycles. The first-order valence-corrected chi connectivity index (χ1v) is 14.1. The third-order valence-electron chi connectivity index (χ3n) is 7.19. The molecule has 202 valence electrons. The maximum absolute atomic E-state index is 9.02. The zero-order valence-corrected chi connectivity index (χ0v) is 23.2. The molecule has 4 rings (SSSR count). The molecule has 5 heteroatoms. The number of hydrogen-bond donors (Lipinski definition) is 1. The van der Waals surface area contributed by atoms with Gasteiger partial charge in [0.2, 0.25) is 0 Å². The van der Waals surface area contributed by atoms with Crippen LogP contribution in [-0.2, 0) is 18.2 Å². The molecule has 0 bridgehead atoms. The molecule has 39 heavy (non-hydrogen) atoms. The number of hydrogen-bond acceptors (Lipinski definition) is 4. The van der Waals surface area contributed by atoms with E-state index in [0.29, 0.717) is 11.6 Å². The summed E-state index contributed by atoms with van der Waals surface area (Å²) < 4.78 is 8.04. The highest BCUT2D eigenvalue weighted by Gasteiger charge is 2.12. The smallest absolute Gasteiger partial charge is 0.124 e. The highest BCUT2D eigenvalue weighted by molar-refractivity contribution is 5.32. The Kier molecular flexibility index (Phi) is 10.7. The molecule has 1 N–H and O–H groups in total. The van der Waals surface area contributed by atoms with Crippen LogP contribution in [0.1, 0.15) is 79.8 Å². The summed E-state index contributed by atoms with van der Waals surface area (Å²) in [6.45, 7) is 2.98. The molecule has 2 aromatic carbocycles. The van der Waals surface area contributed by atoms with Crippen LogP contribution in [0, 0.1) is 11.3 Å². The van der Waals surface area contributed by atoms with Crippen LogP contribution in [0.2, 0.25) is 0 Å². The standard InChI is InChI=1S/C34H40N4O/c1-27(32-25-37-38(2)26-32)39-33-14-8-6-10-28(20-21-33)11-7-9-15-34(31-12-4-3-5-13-31)36-23-22-29-16-18-30(24-35)19-17-29/h3-5,10,12-14,16-21,25-27,34,36H,6-9,11,15,22-23H2,1-2H3/b21-20?,28-10+,33-14?/t27-,34?/m1/s1. The molecule has 1 heterocycles. The number of allylic oxidation sites excluding steroid dienone is 5. The van der Waals surface area contributed by atoms with E-state index in [-0.39, 0.29) is 6.10 Å². The van der Waals surface area contributed by atoms with Gasteiger partial charge in [0.15, 0.2) is 0 Å². The Morgan fingerprint density at radius 1 is 0.974 bits per heavy atom. The van der Waals surface area contributed by atoms with Gasteiger partial charge in [-0.05, 0) is 87.4 Å². The van der Waals surface area contributed by atoms with E-state index < -0.39 is 0 Å². The number of rotatable bonds is 13. The summed E-state index contributed by atoms with van der Waals surface area (Å²) in [5, 5.41) is 17.1. The van der Waals surface area contributed by atoms with Gasteiger partial charge in [0.1, 0.15) is 11.9 Å². The Bertz CT molecular complexity index is 1290. The summed E-state index contributed by atoms with van der Waals surface area (Å²) >= 11 is 0. The number of aryl methyl sites for hydroxylation is 1. The fourth-order valence-electron chi connectivity index (χ4n) is 4.90. The number of nitrogens with zero attached hydrogens (tertiary/aromatic N) is 3. The maximum atomic E-state index is 9.02. The highest BCUT2D eigenvalue weighted by atomic mass is 16.5. The van der Waals surface area contributed by atoms with Gasteiger partial charge >= 0.3 is 0 Å². The summed E-state index contributed by atoms with van der Waals surface area (Å²) in [5.41, 5.74) is 5.79. The van der Waals surface area contributed by atoms with E-state index >= 15 is 0 Å². The molecular formula is C34H40N4O. The van der Waals surface area contributed by atoms with Crippen molar-refractivity contribution in [3.63, 3.8) is 0 Å². The lowest BCUT2D eigenvalue weighted by Gasteiger charge is -2.20. The van der Waals surface area contributed by atoms with Crippen molar-refractivity contribution in [3.05, 3.63) is 125 Å². The average molecular weight is 521 g/mol. The molecule has 1 unspecified atom stereocenters. The topological polar surface area (TPSA) is 62.9 Å². The second kappa shape index (κ2) is 14.9. The van der Waals surface area contributed by atoms with Crippen LogP contribution in [-0.4, -0.2) is 16.3 Å². The molecule has 3 aromatic rings. The molecule has 2 atom stereocenters. The van der Waals surface area contributed by atoms with Crippen molar-refractivity contribution in [2.75, 3.05) is 6.54 Å². The second-order valence-electron chi connectivity index (χ2n) is 10.2. The fourth-order valence-corrected chi connectivity index (χ4v) is 4.90. The predicted molar refractivity (Wildman–Crippen MR) is 158 cm³/mol. The summed E-state index contributed by atoms with van der Waals surface area (Å²) in [6, 6.07) is 21.2. The lowest BCUT2D eigenvalue weighted by molar-refractivity contribution is 0.142. The summed E-state index contributed by atoms with van der Waals surface area (Å²) in [6.07, 6.45) is 20.2. The molecule has 0 aliphatic heterocycles. The van der Waals surface area contributed by atoms with E-state index in [0.717, 1.165) is 62.8 Å². The van der Waals surface area contributed by atoms with Crippen molar-refractivity contribution in [1.29, 1.82) is 5.26 Å². The van der Waals surface area contributed by atoms with Crippen molar-refractivity contribution in [1.82, 2.24) is 15.1 Å². The number of aromatic nitrogens is 2. The molecule has 0 amide bonds. The first-order chi connectivity index (χ1) is 19.1. The molecular weight excluding hydrogens is 480 g/mol.